The number of anilines is 2. The largest absolute Gasteiger partial charge is 0.492 e. The van der Waals surface area contributed by atoms with Gasteiger partial charge >= 0.3 is 4.87 Å². The molecule has 2 aromatic heterocycles. The Balaban J connectivity index is 1.28. The SMILES string of the molecule is O=c1[nH]c(O)c(Nc2cccc(-c3ccc(OCc4ccc5ccccc5n4)cc3)c2)s1. The van der Waals surface area contributed by atoms with E-state index >= 15 is 0 Å². The molecule has 0 aliphatic heterocycles. The van der Waals surface area contributed by atoms with Crippen molar-refractivity contribution in [2.75, 3.05) is 5.32 Å². The number of hydrogen-bond acceptors (Lipinski definition) is 6. The molecule has 2 heterocycles. The Bertz CT molecular complexity index is 1440. The van der Waals surface area contributed by atoms with E-state index in [-0.39, 0.29) is 10.8 Å². The topological polar surface area (TPSA) is 87.2 Å². The molecule has 0 bridgehead atoms. The van der Waals surface area contributed by atoms with E-state index in [1.807, 2.05) is 78.9 Å². The lowest BCUT2D eigenvalue weighted by atomic mass is 10.1. The second-order valence-electron chi connectivity index (χ2n) is 7.21. The highest BCUT2D eigenvalue weighted by Crippen LogP contribution is 2.30. The van der Waals surface area contributed by atoms with E-state index in [1.165, 1.54) is 0 Å². The summed E-state index contributed by atoms with van der Waals surface area (Å²) in [5.41, 5.74) is 4.63. The van der Waals surface area contributed by atoms with Crippen LogP contribution in [-0.4, -0.2) is 15.1 Å². The summed E-state index contributed by atoms with van der Waals surface area (Å²) in [6.45, 7) is 0.395. The van der Waals surface area contributed by atoms with Crippen LogP contribution in [0.1, 0.15) is 5.69 Å². The van der Waals surface area contributed by atoms with E-state index in [9.17, 15) is 9.90 Å². The molecule has 3 N–H and O–H groups in total. The van der Waals surface area contributed by atoms with Crippen LogP contribution in [0.4, 0.5) is 10.7 Å². The van der Waals surface area contributed by atoms with Crippen molar-refractivity contribution in [3.05, 3.63) is 100 Å². The third-order valence-electron chi connectivity index (χ3n) is 4.98. The van der Waals surface area contributed by atoms with Gasteiger partial charge < -0.3 is 15.2 Å². The Morgan fingerprint density at radius 3 is 2.59 bits per heavy atom. The fourth-order valence-corrected chi connectivity index (χ4v) is 4.05. The number of aromatic amines is 1. The molecule has 6 nitrogen and oxygen atoms in total. The summed E-state index contributed by atoms with van der Waals surface area (Å²) >= 11 is 0.923. The number of para-hydroxylation sites is 1. The number of benzene rings is 3. The van der Waals surface area contributed by atoms with Crippen LogP contribution in [-0.2, 0) is 6.61 Å². The van der Waals surface area contributed by atoms with Gasteiger partial charge in [-0.2, -0.15) is 0 Å². The number of ether oxygens (including phenoxy) is 1. The minimum atomic E-state index is -0.310. The van der Waals surface area contributed by atoms with Gasteiger partial charge in [0.2, 0.25) is 5.88 Å². The Hall–Kier alpha value is -4.10. The van der Waals surface area contributed by atoms with Gasteiger partial charge in [0.15, 0.2) is 5.00 Å². The number of aromatic nitrogens is 2. The lowest BCUT2D eigenvalue weighted by Gasteiger charge is -2.09. The van der Waals surface area contributed by atoms with Crippen LogP contribution in [0.25, 0.3) is 22.0 Å². The predicted molar refractivity (Wildman–Crippen MR) is 128 cm³/mol. The quantitative estimate of drug-likeness (QED) is 0.316. The summed E-state index contributed by atoms with van der Waals surface area (Å²) in [5.74, 6) is 0.604. The lowest BCUT2D eigenvalue weighted by Crippen LogP contribution is -1.98. The van der Waals surface area contributed by atoms with Gasteiger partial charge in [-0.3, -0.25) is 9.78 Å². The van der Waals surface area contributed by atoms with Gasteiger partial charge in [-0.1, -0.05) is 59.9 Å². The van der Waals surface area contributed by atoms with Crippen LogP contribution in [0.15, 0.2) is 89.7 Å². The fourth-order valence-electron chi connectivity index (χ4n) is 3.40. The van der Waals surface area contributed by atoms with E-state index in [1.54, 1.807) is 0 Å². The Morgan fingerprint density at radius 1 is 0.938 bits per heavy atom. The molecule has 0 aliphatic rings. The zero-order chi connectivity index (χ0) is 21.9. The van der Waals surface area contributed by atoms with Gasteiger partial charge in [-0.25, -0.2) is 4.98 Å². The van der Waals surface area contributed by atoms with Crippen molar-refractivity contribution >= 4 is 32.9 Å². The molecule has 5 rings (SSSR count). The molecule has 5 aromatic rings. The third kappa shape index (κ3) is 4.33. The summed E-state index contributed by atoms with van der Waals surface area (Å²) in [6, 6.07) is 27.6. The maximum atomic E-state index is 11.4. The van der Waals surface area contributed by atoms with Gasteiger partial charge in [-0.05, 0) is 47.5 Å². The third-order valence-corrected chi connectivity index (χ3v) is 5.77. The molecule has 0 unspecified atom stereocenters. The number of rotatable bonds is 6. The maximum Gasteiger partial charge on any atom is 0.309 e. The molecule has 32 heavy (non-hydrogen) atoms. The van der Waals surface area contributed by atoms with Gasteiger partial charge in [0.05, 0.1) is 11.2 Å². The van der Waals surface area contributed by atoms with E-state index in [0.29, 0.717) is 11.6 Å². The molecule has 0 saturated carbocycles. The standard InChI is InChI=1S/C25H19N3O3S/c29-23-24(32-25(30)28-23)27-19-6-3-5-18(14-19)16-9-12-21(13-10-16)31-15-20-11-8-17-4-1-2-7-22(17)26-20/h1-14,27,29H,15H2,(H,28,30). The minimum absolute atomic E-state index is 0.159. The molecular formula is C25H19N3O3S. The Labute approximate surface area is 187 Å². The Morgan fingerprint density at radius 2 is 1.78 bits per heavy atom. The van der Waals surface area contributed by atoms with Gasteiger partial charge in [0.1, 0.15) is 12.4 Å². The number of H-pyrrole nitrogens is 1. The van der Waals surface area contributed by atoms with Crippen molar-refractivity contribution in [2.24, 2.45) is 0 Å². The first kappa shape index (κ1) is 19.8. The smallest absolute Gasteiger partial charge is 0.309 e. The highest BCUT2D eigenvalue weighted by atomic mass is 32.1. The van der Waals surface area contributed by atoms with E-state index in [4.69, 9.17) is 4.74 Å². The molecule has 0 spiro atoms. The van der Waals surface area contributed by atoms with E-state index in [0.717, 1.165) is 50.5 Å². The fraction of sp³-hybridized carbons (Fsp3) is 0.0400. The monoisotopic (exact) mass is 441 g/mol. The summed E-state index contributed by atoms with van der Waals surface area (Å²) < 4.78 is 5.92. The summed E-state index contributed by atoms with van der Waals surface area (Å²) in [5, 5.41) is 14.3. The van der Waals surface area contributed by atoms with Crippen molar-refractivity contribution in [2.45, 2.75) is 6.61 Å². The van der Waals surface area contributed by atoms with Crippen LogP contribution >= 0.6 is 11.3 Å². The number of nitrogens with zero attached hydrogens (tertiary/aromatic N) is 1. The first-order chi connectivity index (χ1) is 15.6. The highest BCUT2D eigenvalue weighted by Gasteiger charge is 2.08. The van der Waals surface area contributed by atoms with E-state index < -0.39 is 0 Å². The molecule has 0 amide bonds. The van der Waals surface area contributed by atoms with Crippen LogP contribution in [0, 0.1) is 0 Å². The van der Waals surface area contributed by atoms with Crippen LogP contribution in [0.2, 0.25) is 0 Å². The molecule has 158 valence electrons. The molecule has 3 aromatic carbocycles. The van der Waals surface area contributed by atoms with Crippen molar-refractivity contribution < 1.29 is 9.84 Å². The van der Waals surface area contributed by atoms with Gasteiger partial charge in [0.25, 0.3) is 0 Å². The minimum Gasteiger partial charge on any atom is -0.492 e. The second-order valence-corrected chi connectivity index (χ2v) is 8.19. The van der Waals surface area contributed by atoms with Crippen LogP contribution < -0.4 is 14.9 Å². The lowest BCUT2D eigenvalue weighted by molar-refractivity contribution is 0.302. The molecule has 0 saturated heterocycles. The van der Waals surface area contributed by atoms with Crippen molar-refractivity contribution in [1.82, 2.24) is 9.97 Å². The van der Waals surface area contributed by atoms with Crippen LogP contribution in [0.5, 0.6) is 11.6 Å². The molecular weight excluding hydrogens is 422 g/mol. The number of nitrogens with one attached hydrogen (secondary N) is 2. The van der Waals surface area contributed by atoms with Crippen molar-refractivity contribution in [3.63, 3.8) is 0 Å². The van der Waals surface area contributed by atoms with Crippen LogP contribution in [0.3, 0.4) is 0 Å². The number of fused-ring (bicyclic) bond motifs is 1. The van der Waals surface area contributed by atoms with Crippen molar-refractivity contribution in [3.8, 4) is 22.8 Å². The first-order valence-electron chi connectivity index (χ1n) is 10.0. The zero-order valence-electron chi connectivity index (χ0n) is 16.9. The number of aromatic hydroxyl groups is 1. The van der Waals surface area contributed by atoms with E-state index in [2.05, 4.69) is 21.4 Å². The maximum absolute atomic E-state index is 11.4. The number of pyridine rings is 1. The van der Waals surface area contributed by atoms with Gasteiger partial charge in [-0.15, -0.1) is 0 Å². The molecule has 0 radical (unpaired) electrons. The van der Waals surface area contributed by atoms with Gasteiger partial charge in [0, 0.05) is 11.1 Å². The predicted octanol–water partition coefficient (Wildman–Crippen LogP) is 5.68. The summed E-state index contributed by atoms with van der Waals surface area (Å²) in [6.07, 6.45) is 0. The summed E-state index contributed by atoms with van der Waals surface area (Å²) in [7, 11) is 0. The normalized spacial score (nSPS) is 10.9. The second kappa shape index (κ2) is 8.56. The average Bonchev–Trinajstić information content (AvgIpc) is 3.14. The van der Waals surface area contributed by atoms with Crippen molar-refractivity contribution in [1.29, 1.82) is 0 Å². The Kier molecular flexibility index (Phi) is 5.31. The zero-order valence-corrected chi connectivity index (χ0v) is 17.7. The summed E-state index contributed by atoms with van der Waals surface area (Å²) in [4.78, 5) is 18.0. The number of thiazole rings is 1. The average molecular weight is 442 g/mol. The molecule has 0 fully saturated rings. The first-order valence-corrected chi connectivity index (χ1v) is 10.8. The highest BCUT2D eigenvalue weighted by molar-refractivity contribution is 7.13. The molecule has 7 heteroatoms. The molecule has 0 aliphatic carbocycles. The number of hydrogen-bond donors (Lipinski definition) is 3. The molecule has 0 atom stereocenters.